The van der Waals surface area contributed by atoms with Gasteiger partial charge < -0.3 is 10.3 Å². The first-order chi connectivity index (χ1) is 8.29. The highest BCUT2D eigenvalue weighted by molar-refractivity contribution is 4.95. The van der Waals surface area contributed by atoms with E-state index in [1.807, 2.05) is 6.20 Å². The van der Waals surface area contributed by atoms with Gasteiger partial charge in [0.15, 0.2) is 0 Å². The zero-order valence-corrected chi connectivity index (χ0v) is 10.9. The highest BCUT2D eigenvalue weighted by Gasteiger charge is 2.19. The molecule has 2 atom stereocenters. The molecule has 2 N–H and O–H groups in total. The Labute approximate surface area is 104 Å². The molecule has 1 fully saturated rings. The van der Waals surface area contributed by atoms with Crippen LogP contribution in [0.1, 0.15) is 51.3 Å². The number of nitrogens with two attached hydrogens (primary N) is 1. The maximum absolute atomic E-state index is 6.12. The molecule has 0 aliphatic heterocycles. The molecule has 1 aromatic heterocycles. The molecule has 1 heterocycles. The third-order valence-electron chi connectivity index (χ3n) is 3.81. The maximum atomic E-state index is 6.12. The Kier molecular flexibility index (Phi) is 4.60. The van der Waals surface area contributed by atoms with Crippen LogP contribution in [-0.4, -0.2) is 15.6 Å². The van der Waals surface area contributed by atoms with Crippen LogP contribution in [0.3, 0.4) is 0 Å². The van der Waals surface area contributed by atoms with Gasteiger partial charge in [0.05, 0.1) is 0 Å². The van der Waals surface area contributed by atoms with E-state index in [-0.39, 0.29) is 0 Å². The van der Waals surface area contributed by atoms with Crippen molar-refractivity contribution >= 4 is 0 Å². The van der Waals surface area contributed by atoms with Crippen LogP contribution in [0.25, 0.3) is 0 Å². The van der Waals surface area contributed by atoms with E-state index in [4.69, 9.17) is 5.73 Å². The average Bonchev–Trinajstić information content (AvgIpc) is 2.61. The van der Waals surface area contributed by atoms with Crippen LogP contribution in [0.2, 0.25) is 0 Å². The van der Waals surface area contributed by atoms with E-state index in [0.717, 1.165) is 18.9 Å². The van der Waals surface area contributed by atoms with Gasteiger partial charge in [0.2, 0.25) is 0 Å². The van der Waals surface area contributed by atoms with Crippen molar-refractivity contribution in [3.8, 4) is 0 Å². The molecular formula is C14H25N3. The Hall–Kier alpha value is -0.830. The van der Waals surface area contributed by atoms with Gasteiger partial charge in [-0.15, -0.1) is 0 Å². The van der Waals surface area contributed by atoms with Gasteiger partial charge in [-0.25, -0.2) is 4.98 Å². The highest BCUT2D eigenvalue weighted by atomic mass is 15.1. The minimum Gasteiger partial charge on any atom is -0.335 e. The van der Waals surface area contributed by atoms with Crippen molar-refractivity contribution in [2.45, 2.75) is 64.5 Å². The first kappa shape index (κ1) is 12.6. The Morgan fingerprint density at radius 2 is 2.24 bits per heavy atom. The molecule has 0 bridgehead atoms. The molecule has 2 rings (SSSR count). The molecule has 1 aliphatic carbocycles. The van der Waals surface area contributed by atoms with Crippen molar-refractivity contribution < 1.29 is 0 Å². The van der Waals surface area contributed by atoms with Crippen molar-refractivity contribution in [2.75, 3.05) is 0 Å². The number of imidazole rings is 1. The minimum atomic E-state index is 0.414. The molecule has 0 radical (unpaired) electrons. The Balaban J connectivity index is 1.96. The van der Waals surface area contributed by atoms with Crippen LogP contribution in [0.15, 0.2) is 12.4 Å². The van der Waals surface area contributed by atoms with Gasteiger partial charge in [-0.1, -0.05) is 19.8 Å². The zero-order chi connectivity index (χ0) is 12.1. The number of hydrogen-bond donors (Lipinski definition) is 1. The summed E-state index contributed by atoms with van der Waals surface area (Å²) in [4.78, 5) is 4.51. The summed E-state index contributed by atoms with van der Waals surface area (Å²) in [6.45, 7) is 3.31. The molecular weight excluding hydrogens is 210 g/mol. The first-order valence-corrected chi connectivity index (χ1v) is 7.05. The lowest BCUT2D eigenvalue weighted by Gasteiger charge is -2.17. The fourth-order valence-electron chi connectivity index (χ4n) is 2.92. The van der Waals surface area contributed by atoms with Crippen LogP contribution in [0, 0.1) is 5.92 Å². The van der Waals surface area contributed by atoms with E-state index in [1.165, 1.54) is 44.3 Å². The number of nitrogens with zero attached hydrogens (tertiary/aromatic N) is 2. The Bertz CT molecular complexity index is 332. The number of aromatic nitrogens is 2. The predicted molar refractivity (Wildman–Crippen MR) is 70.8 cm³/mol. The van der Waals surface area contributed by atoms with E-state index in [2.05, 4.69) is 22.7 Å². The van der Waals surface area contributed by atoms with E-state index >= 15 is 0 Å². The van der Waals surface area contributed by atoms with Crippen LogP contribution in [-0.2, 0) is 13.0 Å². The van der Waals surface area contributed by atoms with Crippen LogP contribution < -0.4 is 5.73 Å². The molecule has 17 heavy (non-hydrogen) atoms. The van der Waals surface area contributed by atoms with E-state index in [0.29, 0.717) is 6.04 Å². The molecule has 96 valence electrons. The third kappa shape index (κ3) is 3.56. The molecule has 0 amide bonds. The molecule has 1 saturated carbocycles. The summed E-state index contributed by atoms with van der Waals surface area (Å²) in [6.07, 6.45) is 12.7. The van der Waals surface area contributed by atoms with Crippen molar-refractivity contribution in [1.82, 2.24) is 9.55 Å². The lowest BCUT2D eigenvalue weighted by molar-refractivity contribution is 0.415. The van der Waals surface area contributed by atoms with E-state index in [1.54, 1.807) is 0 Å². The first-order valence-electron chi connectivity index (χ1n) is 7.05. The Morgan fingerprint density at radius 1 is 1.41 bits per heavy atom. The second kappa shape index (κ2) is 6.20. The molecule has 1 aliphatic rings. The minimum absolute atomic E-state index is 0.414. The fraction of sp³-hybridized carbons (Fsp3) is 0.786. The SMILES string of the molecule is CCCn1ccnc1CC1CCCCC(N)C1. The quantitative estimate of drug-likeness (QED) is 0.815. The van der Waals surface area contributed by atoms with Crippen molar-refractivity contribution in [3.63, 3.8) is 0 Å². The Morgan fingerprint density at radius 3 is 3.06 bits per heavy atom. The number of rotatable bonds is 4. The normalized spacial score (nSPS) is 25.8. The summed E-state index contributed by atoms with van der Waals surface area (Å²) in [6, 6.07) is 0.414. The monoisotopic (exact) mass is 235 g/mol. The topological polar surface area (TPSA) is 43.8 Å². The molecule has 0 saturated heterocycles. The summed E-state index contributed by atoms with van der Waals surface area (Å²) < 4.78 is 2.30. The molecule has 0 spiro atoms. The van der Waals surface area contributed by atoms with Crippen LogP contribution >= 0.6 is 0 Å². The zero-order valence-electron chi connectivity index (χ0n) is 10.9. The largest absolute Gasteiger partial charge is 0.335 e. The summed E-state index contributed by atoms with van der Waals surface area (Å²) in [5, 5.41) is 0. The number of hydrogen-bond acceptors (Lipinski definition) is 2. The molecule has 3 nitrogen and oxygen atoms in total. The summed E-state index contributed by atoms with van der Waals surface area (Å²) in [5.74, 6) is 2.00. The predicted octanol–water partition coefficient (Wildman–Crippen LogP) is 2.74. The van der Waals surface area contributed by atoms with Crippen molar-refractivity contribution in [1.29, 1.82) is 0 Å². The van der Waals surface area contributed by atoms with Crippen LogP contribution in [0.5, 0.6) is 0 Å². The molecule has 2 unspecified atom stereocenters. The lowest BCUT2D eigenvalue weighted by Crippen LogP contribution is -2.23. The van der Waals surface area contributed by atoms with Gasteiger partial charge >= 0.3 is 0 Å². The van der Waals surface area contributed by atoms with Gasteiger partial charge in [-0.05, 0) is 31.6 Å². The third-order valence-corrected chi connectivity index (χ3v) is 3.81. The molecule has 0 aromatic carbocycles. The van der Waals surface area contributed by atoms with Crippen molar-refractivity contribution in [3.05, 3.63) is 18.2 Å². The van der Waals surface area contributed by atoms with Gasteiger partial charge in [-0.3, -0.25) is 0 Å². The average molecular weight is 235 g/mol. The summed E-state index contributed by atoms with van der Waals surface area (Å²) in [5.41, 5.74) is 6.12. The van der Waals surface area contributed by atoms with Gasteiger partial charge in [0, 0.05) is 31.4 Å². The van der Waals surface area contributed by atoms with E-state index in [9.17, 15) is 0 Å². The maximum Gasteiger partial charge on any atom is 0.108 e. The van der Waals surface area contributed by atoms with Gasteiger partial charge in [0.25, 0.3) is 0 Å². The second-order valence-electron chi connectivity index (χ2n) is 5.39. The standard InChI is InChI=1S/C14H25N3/c1-2-8-17-9-7-16-14(17)11-12-5-3-4-6-13(15)10-12/h7,9,12-13H,2-6,8,10-11,15H2,1H3. The summed E-state index contributed by atoms with van der Waals surface area (Å²) >= 11 is 0. The highest BCUT2D eigenvalue weighted by Crippen LogP contribution is 2.25. The van der Waals surface area contributed by atoms with Crippen LogP contribution in [0.4, 0.5) is 0 Å². The molecule has 3 heteroatoms. The summed E-state index contributed by atoms with van der Waals surface area (Å²) in [7, 11) is 0. The van der Waals surface area contributed by atoms with Crippen molar-refractivity contribution in [2.24, 2.45) is 11.7 Å². The molecule has 1 aromatic rings. The lowest BCUT2D eigenvalue weighted by atomic mass is 9.94. The van der Waals surface area contributed by atoms with E-state index < -0.39 is 0 Å². The second-order valence-corrected chi connectivity index (χ2v) is 5.39. The smallest absolute Gasteiger partial charge is 0.108 e. The van der Waals surface area contributed by atoms with Gasteiger partial charge in [-0.2, -0.15) is 0 Å². The fourth-order valence-corrected chi connectivity index (χ4v) is 2.92. The van der Waals surface area contributed by atoms with Gasteiger partial charge in [0.1, 0.15) is 5.82 Å². The number of aryl methyl sites for hydroxylation is 1.